The summed E-state index contributed by atoms with van der Waals surface area (Å²) in [6.45, 7) is 3.47. The molecule has 0 aromatic heterocycles. The van der Waals surface area contributed by atoms with E-state index in [4.69, 9.17) is 0 Å². The van der Waals surface area contributed by atoms with Gasteiger partial charge in [-0.2, -0.15) is 26.3 Å². The first-order valence-corrected chi connectivity index (χ1v) is 13.2. The van der Waals surface area contributed by atoms with Gasteiger partial charge in [0.15, 0.2) is 0 Å². The smallest absolute Gasteiger partial charge is 0.354 e. The van der Waals surface area contributed by atoms with Gasteiger partial charge in [0, 0.05) is 31.2 Å². The Morgan fingerprint density at radius 2 is 1.46 bits per heavy atom. The van der Waals surface area contributed by atoms with Crippen LogP contribution in [-0.2, 0) is 23.6 Å². The molecule has 2 aromatic carbocycles. The van der Waals surface area contributed by atoms with Crippen molar-refractivity contribution in [3.63, 3.8) is 0 Å². The van der Waals surface area contributed by atoms with Gasteiger partial charge in [-0.1, -0.05) is 24.6 Å². The van der Waals surface area contributed by atoms with Crippen LogP contribution in [0.2, 0.25) is 0 Å². The van der Waals surface area contributed by atoms with E-state index in [1.165, 1.54) is 25.3 Å². The largest absolute Gasteiger partial charge is 0.416 e. The molecule has 0 saturated carbocycles. The highest BCUT2D eigenvalue weighted by molar-refractivity contribution is 5.78. The summed E-state index contributed by atoms with van der Waals surface area (Å²) in [5, 5.41) is 2.63. The summed E-state index contributed by atoms with van der Waals surface area (Å²) in [5.41, 5.74) is -2.96. The van der Waals surface area contributed by atoms with E-state index in [0.717, 1.165) is 25.9 Å². The number of carbonyl (C=O) groups excluding carboxylic acids is 1. The van der Waals surface area contributed by atoms with Crippen LogP contribution < -0.4 is 5.32 Å². The number of alkyl halides is 6. The Hall–Kier alpha value is -2.66. The first kappa shape index (κ1) is 29.3. The van der Waals surface area contributed by atoms with Crippen LogP contribution in [0.5, 0.6) is 0 Å². The third-order valence-electron chi connectivity index (χ3n) is 7.62. The molecule has 0 bridgehead atoms. The van der Waals surface area contributed by atoms with E-state index in [2.05, 4.69) is 15.1 Å². The molecule has 2 saturated heterocycles. The highest BCUT2D eigenvalue weighted by Gasteiger charge is 2.37. The number of piperidine rings is 2. The molecular formula is C28H32F7N3O. The molecule has 0 aliphatic carbocycles. The lowest BCUT2D eigenvalue weighted by molar-refractivity contribution is -0.143. The average Bonchev–Trinajstić information content (AvgIpc) is 2.89. The average molecular weight is 560 g/mol. The molecule has 2 aliphatic heterocycles. The van der Waals surface area contributed by atoms with Crippen LogP contribution in [0.3, 0.4) is 0 Å². The fourth-order valence-electron chi connectivity index (χ4n) is 5.61. The minimum Gasteiger partial charge on any atom is -0.354 e. The number of nitrogens with zero attached hydrogens (tertiary/aromatic N) is 2. The van der Waals surface area contributed by atoms with Crippen molar-refractivity contribution in [2.24, 2.45) is 0 Å². The first-order chi connectivity index (χ1) is 18.4. The van der Waals surface area contributed by atoms with Crippen LogP contribution in [0, 0.1) is 5.82 Å². The number of amides is 1. The van der Waals surface area contributed by atoms with E-state index < -0.39 is 53.2 Å². The Labute approximate surface area is 223 Å². The van der Waals surface area contributed by atoms with Gasteiger partial charge in [0.25, 0.3) is 0 Å². The zero-order chi connectivity index (χ0) is 28.2. The molecule has 1 atom stereocenters. The van der Waals surface area contributed by atoms with Gasteiger partial charge in [-0.3, -0.25) is 9.69 Å². The second-order valence-corrected chi connectivity index (χ2v) is 10.3. The minimum atomic E-state index is -5.00. The number of benzene rings is 2. The van der Waals surface area contributed by atoms with E-state index in [9.17, 15) is 35.5 Å². The molecule has 1 amide bonds. The van der Waals surface area contributed by atoms with Crippen LogP contribution in [0.15, 0.2) is 42.5 Å². The Kier molecular flexibility index (Phi) is 9.21. The van der Waals surface area contributed by atoms with Crippen molar-refractivity contribution >= 4 is 5.91 Å². The van der Waals surface area contributed by atoms with Crippen molar-refractivity contribution in [3.8, 4) is 0 Å². The minimum absolute atomic E-state index is 0.0285. The molecule has 1 unspecified atom stereocenters. The topological polar surface area (TPSA) is 35.6 Å². The molecule has 4 nitrogen and oxygen atoms in total. The summed E-state index contributed by atoms with van der Waals surface area (Å²) in [6, 6.07) is 7.26. The summed E-state index contributed by atoms with van der Waals surface area (Å²) < 4.78 is 93.9. The lowest BCUT2D eigenvalue weighted by Crippen LogP contribution is -2.49. The van der Waals surface area contributed by atoms with E-state index in [1.54, 1.807) is 18.2 Å². The van der Waals surface area contributed by atoms with E-state index in [1.807, 2.05) is 0 Å². The van der Waals surface area contributed by atoms with Crippen molar-refractivity contribution in [2.75, 3.05) is 32.7 Å². The second kappa shape index (κ2) is 12.2. The summed E-state index contributed by atoms with van der Waals surface area (Å²) in [4.78, 5) is 17.3. The zero-order valence-corrected chi connectivity index (χ0v) is 21.4. The molecule has 1 N–H and O–H groups in total. The SMILES string of the molecule is O=C(Cc1cc(C(F)(F)F)cc(C(F)(F)F)c1)NCC(c1ccccc1F)N1CCC(N2CCCCC2)CC1. The fourth-order valence-corrected chi connectivity index (χ4v) is 5.61. The number of rotatable bonds is 7. The molecule has 0 radical (unpaired) electrons. The van der Waals surface area contributed by atoms with Gasteiger partial charge in [0.2, 0.25) is 5.91 Å². The Balaban J connectivity index is 1.45. The summed E-state index contributed by atoms with van der Waals surface area (Å²) in [6.07, 6.45) is -5.28. The first-order valence-electron chi connectivity index (χ1n) is 13.2. The van der Waals surface area contributed by atoms with Crippen LogP contribution in [0.25, 0.3) is 0 Å². The molecule has 214 valence electrons. The summed E-state index contributed by atoms with van der Waals surface area (Å²) in [7, 11) is 0. The molecule has 39 heavy (non-hydrogen) atoms. The number of carbonyl (C=O) groups is 1. The fraction of sp³-hybridized carbons (Fsp3) is 0.536. The van der Waals surface area contributed by atoms with Gasteiger partial charge in [0.1, 0.15) is 5.82 Å². The molecule has 2 heterocycles. The summed E-state index contributed by atoms with van der Waals surface area (Å²) >= 11 is 0. The maximum atomic E-state index is 14.8. The predicted molar refractivity (Wildman–Crippen MR) is 132 cm³/mol. The molecule has 4 rings (SSSR count). The van der Waals surface area contributed by atoms with E-state index in [-0.39, 0.29) is 12.6 Å². The zero-order valence-electron chi connectivity index (χ0n) is 21.4. The van der Waals surface area contributed by atoms with Gasteiger partial charge in [-0.25, -0.2) is 4.39 Å². The Morgan fingerprint density at radius 1 is 0.872 bits per heavy atom. The third kappa shape index (κ3) is 7.72. The van der Waals surface area contributed by atoms with Crippen molar-refractivity contribution in [3.05, 3.63) is 70.5 Å². The quantitative estimate of drug-likeness (QED) is 0.410. The van der Waals surface area contributed by atoms with Gasteiger partial charge in [0.05, 0.1) is 23.6 Å². The highest BCUT2D eigenvalue weighted by Crippen LogP contribution is 2.36. The normalized spacial score (nSPS) is 19.2. The lowest BCUT2D eigenvalue weighted by atomic mass is 9.96. The van der Waals surface area contributed by atoms with Crippen LogP contribution in [0.1, 0.15) is 60.4 Å². The van der Waals surface area contributed by atoms with Crippen molar-refractivity contribution in [1.82, 2.24) is 15.1 Å². The van der Waals surface area contributed by atoms with Crippen molar-refractivity contribution in [2.45, 2.75) is 63.0 Å². The molecule has 0 spiro atoms. The third-order valence-corrected chi connectivity index (χ3v) is 7.62. The molecule has 2 fully saturated rings. The standard InChI is InChI=1S/C28H32F7N3O/c29-24-7-3-2-6-23(24)25(38-12-8-22(9-13-38)37-10-4-1-5-11-37)18-36-26(39)16-19-14-20(27(30,31)32)17-21(15-19)28(33,34)35/h2-3,6-7,14-15,17,22,25H,1,4-5,8-13,16,18H2,(H,36,39). The Morgan fingerprint density at radius 3 is 2.03 bits per heavy atom. The molecule has 11 heteroatoms. The molecule has 2 aromatic rings. The highest BCUT2D eigenvalue weighted by atomic mass is 19.4. The van der Waals surface area contributed by atoms with Crippen molar-refractivity contribution < 1.29 is 35.5 Å². The van der Waals surface area contributed by atoms with Crippen molar-refractivity contribution in [1.29, 1.82) is 0 Å². The number of hydrogen-bond acceptors (Lipinski definition) is 3. The van der Waals surface area contributed by atoms with Crippen LogP contribution in [0.4, 0.5) is 30.7 Å². The van der Waals surface area contributed by atoms with Gasteiger partial charge in [-0.15, -0.1) is 0 Å². The molecule has 2 aliphatic rings. The molecular weight excluding hydrogens is 527 g/mol. The second-order valence-electron chi connectivity index (χ2n) is 10.3. The van der Waals surface area contributed by atoms with Gasteiger partial charge < -0.3 is 10.2 Å². The maximum absolute atomic E-state index is 14.8. The van der Waals surface area contributed by atoms with Crippen LogP contribution >= 0.6 is 0 Å². The summed E-state index contributed by atoms with van der Waals surface area (Å²) in [5.74, 6) is -1.19. The van der Waals surface area contributed by atoms with E-state index in [0.29, 0.717) is 36.8 Å². The number of hydrogen-bond donors (Lipinski definition) is 1. The predicted octanol–water partition coefficient (Wildman–Crippen LogP) is 6.21. The number of halogens is 7. The van der Waals surface area contributed by atoms with Gasteiger partial charge in [-0.05, 0) is 68.6 Å². The van der Waals surface area contributed by atoms with Crippen LogP contribution in [-0.4, -0.2) is 54.5 Å². The van der Waals surface area contributed by atoms with Gasteiger partial charge >= 0.3 is 12.4 Å². The lowest BCUT2D eigenvalue weighted by Gasteiger charge is -2.43. The maximum Gasteiger partial charge on any atom is 0.416 e. The number of nitrogens with one attached hydrogen (secondary N) is 1. The monoisotopic (exact) mass is 559 g/mol. The van der Waals surface area contributed by atoms with E-state index >= 15 is 0 Å². The Bertz CT molecular complexity index is 1090. The number of likely N-dealkylation sites (tertiary alicyclic amines) is 2.